The molecule has 0 saturated heterocycles. The van der Waals surface area contributed by atoms with Gasteiger partial charge < -0.3 is 10.8 Å². The van der Waals surface area contributed by atoms with Crippen molar-refractivity contribution in [1.29, 1.82) is 0 Å². The van der Waals surface area contributed by atoms with Crippen LogP contribution in [0.2, 0.25) is 0 Å². The Morgan fingerprint density at radius 1 is 1.24 bits per heavy atom. The minimum absolute atomic E-state index is 0.0972. The summed E-state index contributed by atoms with van der Waals surface area (Å²) in [6.07, 6.45) is 3.74. The molecule has 0 radical (unpaired) electrons. The third-order valence-electron chi connectivity index (χ3n) is 3.35. The molecule has 1 atom stereocenters. The second-order valence-electron chi connectivity index (χ2n) is 5.27. The lowest BCUT2D eigenvalue weighted by Crippen LogP contribution is -2.32. The number of benzene rings is 1. The SMILES string of the molecule is CC(C)n1ccn(-c2ccc(CC(N)C(=O)O)cc2)c1=O. The highest BCUT2D eigenvalue weighted by Crippen LogP contribution is 2.10. The molecule has 6 nitrogen and oxygen atoms in total. The van der Waals surface area contributed by atoms with Crippen LogP contribution in [0.1, 0.15) is 25.5 Å². The van der Waals surface area contributed by atoms with Gasteiger partial charge >= 0.3 is 11.7 Å². The topological polar surface area (TPSA) is 90.2 Å². The quantitative estimate of drug-likeness (QED) is 0.864. The maximum absolute atomic E-state index is 12.2. The van der Waals surface area contributed by atoms with Gasteiger partial charge in [-0.1, -0.05) is 12.1 Å². The van der Waals surface area contributed by atoms with Crippen molar-refractivity contribution >= 4 is 5.97 Å². The molecule has 21 heavy (non-hydrogen) atoms. The van der Waals surface area contributed by atoms with Crippen LogP contribution in [-0.2, 0) is 11.2 Å². The maximum Gasteiger partial charge on any atom is 0.332 e. The number of aromatic nitrogens is 2. The number of hydrogen-bond acceptors (Lipinski definition) is 3. The van der Waals surface area contributed by atoms with Gasteiger partial charge in [-0.3, -0.25) is 13.9 Å². The molecular formula is C15H19N3O3. The number of carbonyl (C=O) groups is 1. The molecule has 1 aromatic heterocycles. The molecule has 0 spiro atoms. The van der Waals surface area contributed by atoms with E-state index in [9.17, 15) is 9.59 Å². The van der Waals surface area contributed by atoms with Crippen molar-refractivity contribution in [3.63, 3.8) is 0 Å². The summed E-state index contributed by atoms with van der Waals surface area (Å²) in [5.41, 5.74) is 6.97. The van der Waals surface area contributed by atoms with Gasteiger partial charge in [0, 0.05) is 18.4 Å². The Hall–Kier alpha value is -2.34. The smallest absolute Gasteiger partial charge is 0.332 e. The molecular weight excluding hydrogens is 270 g/mol. The minimum Gasteiger partial charge on any atom is -0.480 e. The number of rotatable bonds is 5. The standard InChI is InChI=1S/C15H19N3O3/c1-10(2)17-7-8-18(15(17)21)12-5-3-11(4-6-12)9-13(16)14(19)20/h3-8,10,13H,9,16H2,1-2H3,(H,19,20). The molecule has 0 saturated carbocycles. The van der Waals surface area contributed by atoms with Gasteiger partial charge in [-0.05, 0) is 38.0 Å². The van der Waals surface area contributed by atoms with Gasteiger partial charge in [0.05, 0.1) is 5.69 Å². The van der Waals surface area contributed by atoms with Crippen molar-refractivity contribution in [2.24, 2.45) is 5.73 Å². The molecule has 112 valence electrons. The van der Waals surface area contributed by atoms with E-state index in [0.29, 0.717) is 0 Å². The number of nitrogens with zero attached hydrogens (tertiary/aromatic N) is 2. The molecule has 1 aromatic carbocycles. The fourth-order valence-electron chi connectivity index (χ4n) is 2.11. The number of nitrogens with two attached hydrogens (primary N) is 1. The van der Waals surface area contributed by atoms with Gasteiger partial charge in [0.1, 0.15) is 6.04 Å². The normalized spacial score (nSPS) is 12.6. The van der Waals surface area contributed by atoms with Crippen LogP contribution in [0, 0.1) is 0 Å². The third kappa shape index (κ3) is 3.22. The average molecular weight is 289 g/mol. The first kappa shape index (κ1) is 15.1. The largest absolute Gasteiger partial charge is 0.480 e. The third-order valence-corrected chi connectivity index (χ3v) is 3.35. The maximum atomic E-state index is 12.2. The van der Waals surface area contributed by atoms with Crippen LogP contribution in [0.4, 0.5) is 0 Å². The summed E-state index contributed by atoms with van der Waals surface area (Å²) in [6.45, 7) is 3.89. The molecule has 6 heteroatoms. The first-order valence-corrected chi connectivity index (χ1v) is 6.77. The van der Waals surface area contributed by atoms with Crippen LogP contribution in [0.25, 0.3) is 5.69 Å². The Kier molecular flexibility index (Phi) is 4.28. The molecule has 0 fully saturated rings. The number of imidazole rings is 1. The fraction of sp³-hybridized carbons (Fsp3) is 0.333. The van der Waals surface area contributed by atoms with Crippen molar-refractivity contribution in [2.45, 2.75) is 32.4 Å². The summed E-state index contributed by atoms with van der Waals surface area (Å²) in [6, 6.07) is 6.34. The monoisotopic (exact) mass is 289 g/mol. The Bertz CT molecular complexity index is 683. The predicted octanol–water partition coefficient (Wildman–Crippen LogP) is 1.17. The molecule has 0 aliphatic rings. The number of carboxylic acids is 1. The van der Waals surface area contributed by atoms with Crippen molar-refractivity contribution in [3.05, 3.63) is 52.7 Å². The molecule has 0 aliphatic carbocycles. The average Bonchev–Trinajstić information content (AvgIpc) is 2.81. The summed E-state index contributed by atoms with van der Waals surface area (Å²) in [4.78, 5) is 22.9. The highest BCUT2D eigenvalue weighted by Gasteiger charge is 2.12. The second-order valence-corrected chi connectivity index (χ2v) is 5.27. The zero-order chi connectivity index (χ0) is 15.6. The summed E-state index contributed by atoms with van der Waals surface area (Å²) >= 11 is 0. The van der Waals surface area contributed by atoms with Crippen molar-refractivity contribution in [3.8, 4) is 5.69 Å². The van der Waals surface area contributed by atoms with Gasteiger partial charge in [-0.2, -0.15) is 0 Å². The Morgan fingerprint density at radius 3 is 2.33 bits per heavy atom. The van der Waals surface area contributed by atoms with E-state index in [-0.39, 0.29) is 18.2 Å². The van der Waals surface area contributed by atoms with Gasteiger partial charge in [0.15, 0.2) is 0 Å². The van der Waals surface area contributed by atoms with Crippen LogP contribution in [0.5, 0.6) is 0 Å². The Morgan fingerprint density at radius 2 is 1.86 bits per heavy atom. The zero-order valence-corrected chi connectivity index (χ0v) is 12.1. The van der Waals surface area contributed by atoms with E-state index >= 15 is 0 Å². The molecule has 0 amide bonds. The van der Waals surface area contributed by atoms with Gasteiger partial charge in [-0.15, -0.1) is 0 Å². The van der Waals surface area contributed by atoms with Crippen LogP contribution >= 0.6 is 0 Å². The minimum atomic E-state index is -1.02. The molecule has 1 unspecified atom stereocenters. The highest BCUT2D eigenvalue weighted by molar-refractivity contribution is 5.73. The summed E-state index contributed by atoms with van der Waals surface area (Å²) < 4.78 is 3.20. The molecule has 2 rings (SSSR count). The van der Waals surface area contributed by atoms with E-state index < -0.39 is 12.0 Å². The van der Waals surface area contributed by atoms with E-state index in [2.05, 4.69) is 0 Å². The van der Waals surface area contributed by atoms with Crippen LogP contribution in [0.15, 0.2) is 41.5 Å². The number of aliphatic carboxylic acids is 1. The Labute approximate surface area is 122 Å². The molecule has 0 aliphatic heterocycles. The summed E-state index contributed by atoms with van der Waals surface area (Å²) in [7, 11) is 0. The fourth-order valence-corrected chi connectivity index (χ4v) is 2.11. The van der Waals surface area contributed by atoms with E-state index in [0.717, 1.165) is 11.3 Å². The number of carboxylic acid groups (broad SMARTS) is 1. The lowest BCUT2D eigenvalue weighted by molar-refractivity contribution is -0.138. The lowest BCUT2D eigenvalue weighted by Gasteiger charge is -2.08. The van der Waals surface area contributed by atoms with E-state index in [4.69, 9.17) is 10.8 Å². The summed E-state index contributed by atoms with van der Waals surface area (Å²) in [5.74, 6) is -1.02. The van der Waals surface area contributed by atoms with Gasteiger partial charge in [0.2, 0.25) is 0 Å². The second kappa shape index (κ2) is 5.97. The molecule has 1 heterocycles. The van der Waals surface area contributed by atoms with Crippen LogP contribution in [-0.4, -0.2) is 26.3 Å². The first-order chi connectivity index (χ1) is 9.90. The molecule has 0 bridgehead atoms. The van der Waals surface area contributed by atoms with Crippen molar-refractivity contribution in [2.75, 3.05) is 0 Å². The lowest BCUT2D eigenvalue weighted by atomic mass is 10.1. The van der Waals surface area contributed by atoms with Crippen LogP contribution in [0.3, 0.4) is 0 Å². The molecule has 3 N–H and O–H groups in total. The summed E-state index contributed by atoms with van der Waals surface area (Å²) in [5, 5.41) is 8.79. The molecule has 2 aromatic rings. The Balaban J connectivity index is 2.23. The van der Waals surface area contributed by atoms with Crippen molar-refractivity contribution < 1.29 is 9.90 Å². The number of hydrogen-bond donors (Lipinski definition) is 2. The van der Waals surface area contributed by atoms with E-state index in [1.807, 2.05) is 13.8 Å². The van der Waals surface area contributed by atoms with Crippen molar-refractivity contribution in [1.82, 2.24) is 9.13 Å². The van der Waals surface area contributed by atoms with Gasteiger partial charge in [-0.25, -0.2) is 4.79 Å². The van der Waals surface area contributed by atoms with Gasteiger partial charge in [0.25, 0.3) is 0 Å². The predicted molar refractivity (Wildman–Crippen MR) is 79.7 cm³/mol. The van der Waals surface area contributed by atoms with Crippen LogP contribution < -0.4 is 11.4 Å². The highest BCUT2D eigenvalue weighted by atomic mass is 16.4. The van der Waals surface area contributed by atoms with E-state index in [1.165, 1.54) is 0 Å². The van der Waals surface area contributed by atoms with E-state index in [1.54, 1.807) is 45.8 Å². The first-order valence-electron chi connectivity index (χ1n) is 6.77. The zero-order valence-electron chi connectivity index (χ0n) is 12.1.